The van der Waals surface area contributed by atoms with Gasteiger partial charge in [-0.2, -0.15) is 0 Å². The first-order valence-electron chi connectivity index (χ1n) is 13.4. The zero-order valence-corrected chi connectivity index (χ0v) is 25.1. The van der Waals surface area contributed by atoms with Gasteiger partial charge >= 0.3 is 6.03 Å². The lowest BCUT2D eigenvalue weighted by molar-refractivity contribution is -0.144. The van der Waals surface area contributed by atoms with Crippen molar-refractivity contribution in [1.82, 2.24) is 19.7 Å². The molecule has 12 heteroatoms. The summed E-state index contributed by atoms with van der Waals surface area (Å²) in [7, 11) is 0.0870. The molecule has 5 amide bonds. The lowest BCUT2D eigenvalue weighted by Gasteiger charge is -2.34. The van der Waals surface area contributed by atoms with Crippen LogP contribution in [-0.4, -0.2) is 78.5 Å². The summed E-state index contributed by atoms with van der Waals surface area (Å²) in [4.78, 5) is 62.5. The molecule has 1 saturated heterocycles. The molecule has 2 aliphatic heterocycles. The summed E-state index contributed by atoms with van der Waals surface area (Å²) in [6, 6.07) is 8.49. The van der Waals surface area contributed by atoms with Gasteiger partial charge in [0, 0.05) is 51.0 Å². The van der Waals surface area contributed by atoms with E-state index in [2.05, 4.69) is 24.6 Å². The summed E-state index contributed by atoms with van der Waals surface area (Å²) in [6.45, 7) is 9.54. The maximum Gasteiger partial charge on any atom is 0.336 e. The number of aryl methyl sites for hydroxylation is 1. The molecule has 0 bridgehead atoms. The molecule has 0 aliphatic carbocycles. The number of ether oxygens (including phenoxy) is 2. The van der Waals surface area contributed by atoms with Crippen LogP contribution in [0.1, 0.15) is 34.3 Å². The number of imide groups is 2. The number of fused-ring (bicyclic) bond motifs is 2. The van der Waals surface area contributed by atoms with Gasteiger partial charge in [-0.1, -0.05) is 25.7 Å². The van der Waals surface area contributed by atoms with Gasteiger partial charge in [-0.25, -0.2) is 14.6 Å². The molecule has 0 N–H and O–H groups in total. The number of pyridine rings is 1. The first-order valence-corrected chi connectivity index (χ1v) is 17.1. The van der Waals surface area contributed by atoms with Crippen molar-refractivity contribution in [2.45, 2.75) is 51.6 Å². The van der Waals surface area contributed by atoms with E-state index >= 15 is 0 Å². The number of carbonyl (C=O) groups excluding carboxylic acids is 4. The molecule has 41 heavy (non-hydrogen) atoms. The fourth-order valence-corrected chi connectivity index (χ4v) is 6.10. The molecule has 4 heterocycles. The van der Waals surface area contributed by atoms with E-state index in [4.69, 9.17) is 13.9 Å². The van der Waals surface area contributed by atoms with Crippen molar-refractivity contribution in [3.63, 3.8) is 0 Å². The van der Waals surface area contributed by atoms with E-state index in [-0.39, 0.29) is 31.5 Å². The van der Waals surface area contributed by atoms with Gasteiger partial charge in [-0.15, -0.1) is 0 Å². The Kier molecular flexibility index (Phi) is 7.24. The fourth-order valence-electron chi connectivity index (χ4n) is 5.35. The van der Waals surface area contributed by atoms with Gasteiger partial charge < -0.3 is 18.8 Å². The molecule has 3 aromatic rings. The normalized spacial score (nSPS) is 19.1. The molecular formula is C29H34N4O7Si. The number of furan rings is 1. The number of methoxy groups -OCH3 is 1. The van der Waals surface area contributed by atoms with Crippen LogP contribution >= 0.6 is 0 Å². The zero-order valence-electron chi connectivity index (χ0n) is 24.1. The van der Waals surface area contributed by atoms with Gasteiger partial charge in [0.05, 0.1) is 13.7 Å². The molecule has 11 nitrogen and oxygen atoms in total. The molecule has 5 rings (SSSR count). The largest absolute Gasteiger partial charge is 0.497 e. The molecule has 1 fully saturated rings. The number of benzene rings is 1. The fraction of sp³-hybridized carbons (Fsp3) is 0.414. The van der Waals surface area contributed by atoms with E-state index in [1.807, 2.05) is 0 Å². The van der Waals surface area contributed by atoms with Crippen molar-refractivity contribution in [3.8, 4) is 5.75 Å². The third-order valence-electron chi connectivity index (χ3n) is 7.60. The van der Waals surface area contributed by atoms with Crippen LogP contribution in [0, 0.1) is 6.92 Å². The lowest BCUT2D eigenvalue weighted by Crippen LogP contribution is -2.56. The number of carbonyl (C=O) groups is 4. The summed E-state index contributed by atoms with van der Waals surface area (Å²) in [5, 5.41) is 0.635. The van der Waals surface area contributed by atoms with Crippen LogP contribution in [-0.2, 0) is 26.4 Å². The minimum absolute atomic E-state index is 0.0723. The molecular weight excluding hydrogens is 544 g/mol. The summed E-state index contributed by atoms with van der Waals surface area (Å²) in [6.07, 6.45) is 1.58. The summed E-state index contributed by atoms with van der Waals surface area (Å²) < 4.78 is 17.3. The Morgan fingerprint density at radius 3 is 2.56 bits per heavy atom. The van der Waals surface area contributed by atoms with Crippen LogP contribution in [0.4, 0.5) is 4.79 Å². The lowest BCUT2D eigenvalue weighted by atomic mass is 9.92. The van der Waals surface area contributed by atoms with Crippen LogP contribution in [0.25, 0.3) is 11.0 Å². The van der Waals surface area contributed by atoms with Gasteiger partial charge in [0.15, 0.2) is 0 Å². The number of urea groups is 1. The van der Waals surface area contributed by atoms with Crippen LogP contribution in [0.2, 0.25) is 25.7 Å². The second-order valence-electron chi connectivity index (χ2n) is 11.7. The van der Waals surface area contributed by atoms with E-state index in [1.54, 1.807) is 43.5 Å². The molecule has 2 aliphatic rings. The highest BCUT2D eigenvalue weighted by molar-refractivity contribution is 6.76. The molecule has 0 saturated carbocycles. The molecule has 2 aromatic heterocycles. The minimum atomic E-state index is -1.95. The predicted molar refractivity (Wildman–Crippen MR) is 152 cm³/mol. The second-order valence-corrected chi connectivity index (χ2v) is 17.3. The van der Waals surface area contributed by atoms with Crippen LogP contribution in [0.15, 0.2) is 40.9 Å². The zero-order chi connectivity index (χ0) is 29.7. The topological polar surface area (TPSA) is 122 Å². The molecule has 1 aromatic carbocycles. The van der Waals surface area contributed by atoms with Gasteiger partial charge in [-0.3, -0.25) is 19.4 Å². The number of rotatable bonds is 9. The maximum atomic E-state index is 14.4. The van der Waals surface area contributed by atoms with Crippen molar-refractivity contribution in [3.05, 3.63) is 59.1 Å². The first-order chi connectivity index (χ1) is 19.4. The highest BCUT2D eigenvalue weighted by atomic mass is 28.3. The maximum absolute atomic E-state index is 14.4. The van der Waals surface area contributed by atoms with Crippen molar-refractivity contribution < 1.29 is 33.1 Å². The van der Waals surface area contributed by atoms with Gasteiger partial charge in [0.1, 0.15) is 23.8 Å². The van der Waals surface area contributed by atoms with Crippen molar-refractivity contribution in [2.75, 3.05) is 27.0 Å². The molecule has 0 unspecified atom stereocenters. The number of hydrogen-bond acceptors (Lipinski definition) is 8. The average molecular weight is 579 g/mol. The molecule has 216 valence electrons. The van der Waals surface area contributed by atoms with Crippen LogP contribution in [0.5, 0.6) is 5.75 Å². The van der Waals surface area contributed by atoms with Gasteiger partial charge in [0.25, 0.3) is 11.8 Å². The average Bonchev–Trinajstić information content (AvgIpc) is 3.54. The third kappa shape index (κ3) is 4.91. The van der Waals surface area contributed by atoms with Crippen molar-refractivity contribution in [1.29, 1.82) is 0 Å². The standard InChI is InChI=1S/C29H34N4O7Si/c1-18-22-14-25(40-24(22)9-10-30-18)29(16-31-15-20-7-8-21(38-3)13-23(20)26(31)35)27(36)32(28(37)33(29)19(2)34)17-39-11-12-41(4,5)6/h7-10,13-14H,11-12,15-17H2,1-6H3/t29-/m0/s1. The Labute approximate surface area is 239 Å². The highest BCUT2D eigenvalue weighted by Gasteiger charge is 2.63. The van der Waals surface area contributed by atoms with Gasteiger partial charge in [-0.05, 0) is 42.8 Å². The number of amides is 5. The summed E-state index contributed by atoms with van der Waals surface area (Å²) in [5.41, 5.74) is 0.330. The Morgan fingerprint density at radius 1 is 1.15 bits per heavy atom. The molecule has 0 spiro atoms. The van der Waals surface area contributed by atoms with E-state index in [0.717, 1.165) is 21.4 Å². The third-order valence-corrected chi connectivity index (χ3v) is 9.31. The quantitative estimate of drug-likeness (QED) is 0.211. The SMILES string of the molecule is COc1ccc2c(c1)C(=O)N(C[C@]1(c3cc4c(C)nccc4o3)C(=O)N(COCC[Si](C)(C)C)C(=O)N1C(C)=O)C2. The smallest absolute Gasteiger partial charge is 0.336 e. The van der Waals surface area contributed by atoms with Gasteiger partial charge in [0.2, 0.25) is 11.4 Å². The van der Waals surface area contributed by atoms with Crippen molar-refractivity contribution >= 4 is 42.8 Å². The van der Waals surface area contributed by atoms with Crippen molar-refractivity contribution in [2.24, 2.45) is 0 Å². The Morgan fingerprint density at radius 2 is 1.90 bits per heavy atom. The Bertz CT molecular complexity index is 1560. The monoisotopic (exact) mass is 578 g/mol. The molecule has 1 atom stereocenters. The minimum Gasteiger partial charge on any atom is -0.497 e. The number of aromatic nitrogens is 1. The van der Waals surface area contributed by atoms with Crippen LogP contribution < -0.4 is 4.74 Å². The second kappa shape index (κ2) is 10.4. The first kappa shape index (κ1) is 28.5. The predicted octanol–water partition coefficient (Wildman–Crippen LogP) is 4.12. The van der Waals surface area contributed by atoms with Crippen LogP contribution in [0.3, 0.4) is 0 Å². The number of nitrogens with zero attached hydrogens (tertiary/aromatic N) is 4. The van der Waals surface area contributed by atoms with E-state index < -0.39 is 31.5 Å². The highest BCUT2D eigenvalue weighted by Crippen LogP contribution is 2.43. The number of hydrogen-bond donors (Lipinski definition) is 0. The molecule has 0 radical (unpaired) electrons. The van der Waals surface area contributed by atoms with E-state index in [0.29, 0.717) is 34.6 Å². The Hall–Kier alpha value is -4.03. The Balaban J connectivity index is 1.59. The summed E-state index contributed by atoms with van der Waals surface area (Å²) in [5.74, 6) is -1.11. The van der Waals surface area contributed by atoms with E-state index in [1.165, 1.54) is 18.9 Å². The summed E-state index contributed by atoms with van der Waals surface area (Å²) >= 11 is 0. The van der Waals surface area contributed by atoms with E-state index in [9.17, 15) is 19.2 Å².